The lowest BCUT2D eigenvalue weighted by molar-refractivity contribution is 0.102. The van der Waals surface area contributed by atoms with Gasteiger partial charge in [-0.1, -0.05) is 73.9 Å². The van der Waals surface area contributed by atoms with Crippen molar-refractivity contribution in [2.75, 3.05) is 5.32 Å². The number of nitrogens with one attached hydrogen (secondary N) is 2. The van der Waals surface area contributed by atoms with E-state index >= 15 is 0 Å². The van der Waals surface area contributed by atoms with E-state index in [1.165, 1.54) is 37.7 Å². The number of carbonyl (C=O) groups excluding carboxylic acids is 1. The van der Waals surface area contributed by atoms with Crippen molar-refractivity contribution >= 4 is 11.6 Å². The van der Waals surface area contributed by atoms with Crippen LogP contribution >= 0.6 is 0 Å². The molecule has 3 aromatic carbocycles. The molecule has 5 rings (SSSR count). The SMILES string of the molecule is Cc1c(NC(=O)c2ccc(C3CCCCC3)cc2)cccc1-c1ncc(-c2ccccc2)[nH]1. The number of hydrogen-bond donors (Lipinski definition) is 2. The molecule has 2 N–H and O–H groups in total. The van der Waals surface area contributed by atoms with Crippen molar-refractivity contribution in [2.24, 2.45) is 0 Å². The van der Waals surface area contributed by atoms with Crippen LogP contribution in [0.2, 0.25) is 0 Å². The van der Waals surface area contributed by atoms with Gasteiger partial charge in [0.2, 0.25) is 0 Å². The molecule has 0 radical (unpaired) electrons. The molecule has 0 bridgehead atoms. The highest BCUT2D eigenvalue weighted by Crippen LogP contribution is 2.33. The van der Waals surface area contributed by atoms with Gasteiger partial charge in [0, 0.05) is 16.8 Å². The molecule has 1 saturated carbocycles. The number of H-pyrrole nitrogens is 1. The highest BCUT2D eigenvalue weighted by molar-refractivity contribution is 6.05. The van der Waals surface area contributed by atoms with Crippen LogP contribution in [0.15, 0.2) is 79.0 Å². The van der Waals surface area contributed by atoms with Gasteiger partial charge in [0.15, 0.2) is 0 Å². The maximum absolute atomic E-state index is 13.0. The number of aromatic amines is 1. The summed E-state index contributed by atoms with van der Waals surface area (Å²) in [6.45, 7) is 2.02. The zero-order valence-electron chi connectivity index (χ0n) is 19.0. The van der Waals surface area contributed by atoms with Crippen LogP contribution in [0, 0.1) is 6.92 Å². The fraction of sp³-hybridized carbons (Fsp3) is 0.241. The van der Waals surface area contributed by atoms with Crippen LogP contribution in [0.25, 0.3) is 22.6 Å². The Bertz CT molecular complexity index is 1240. The van der Waals surface area contributed by atoms with E-state index in [1.54, 1.807) is 0 Å². The molecule has 4 heteroatoms. The Morgan fingerprint density at radius 1 is 0.909 bits per heavy atom. The maximum Gasteiger partial charge on any atom is 0.255 e. The van der Waals surface area contributed by atoms with Crippen molar-refractivity contribution in [3.05, 3.63) is 95.7 Å². The van der Waals surface area contributed by atoms with Crippen molar-refractivity contribution in [3.63, 3.8) is 0 Å². The number of anilines is 1. The number of amides is 1. The first kappa shape index (κ1) is 21.2. The predicted molar refractivity (Wildman–Crippen MR) is 134 cm³/mol. The van der Waals surface area contributed by atoms with Crippen LogP contribution in [-0.2, 0) is 0 Å². The number of nitrogens with zero attached hydrogens (tertiary/aromatic N) is 1. The third-order valence-electron chi connectivity index (χ3n) is 6.75. The van der Waals surface area contributed by atoms with Crippen molar-refractivity contribution in [3.8, 4) is 22.6 Å². The number of benzene rings is 3. The zero-order valence-corrected chi connectivity index (χ0v) is 19.0. The smallest absolute Gasteiger partial charge is 0.255 e. The van der Waals surface area contributed by atoms with Gasteiger partial charge in [-0.15, -0.1) is 0 Å². The first-order valence-electron chi connectivity index (χ1n) is 11.8. The lowest BCUT2D eigenvalue weighted by atomic mass is 9.84. The van der Waals surface area contributed by atoms with Crippen LogP contribution in [0.1, 0.15) is 59.5 Å². The lowest BCUT2D eigenvalue weighted by Crippen LogP contribution is -2.13. The molecule has 0 saturated heterocycles. The van der Waals surface area contributed by atoms with E-state index in [1.807, 2.05) is 61.7 Å². The molecule has 0 atom stereocenters. The summed E-state index contributed by atoms with van der Waals surface area (Å²) in [6, 6.07) is 24.2. The highest BCUT2D eigenvalue weighted by Gasteiger charge is 2.17. The Morgan fingerprint density at radius 2 is 1.67 bits per heavy atom. The van der Waals surface area contributed by atoms with Crippen molar-refractivity contribution in [1.29, 1.82) is 0 Å². The molecule has 1 fully saturated rings. The first-order chi connectivity index (χ1) is 16.2. The van der Waals surface area contributed by atoms with Gasteiger partial charge in [0.1, 0.15) is 5.82 Å². The van der Waals surface area contributed by atoms with Gasteiger partial charge >= 0.3 is 0 Å². The summed E-state index contributed by atoms with van der Waals surface area (Å²) in [7, 11) is 0. The van der Waals surface area contributed by atoms with E-state index in [0.29, 0.717) is 11.5 Å². The Balaban J connectivity index is 1.33. The third-order valence-corrected chi connectivity index (χ3v) is 6.75. The first-order valence-corrected chi connectivity index (χ1v) is 11.8. The number of aromatic nitrogens is 2. The second kappa shape index (κ2) is 9.45. The van der Waals surface area contributed by atoms with Gasteiger partial charge in [-0.2, -0.15) is 0 Å². The van der Waals surface area contributed by atoms with Crippen LogP contribution in [0.3, 0.4) is 0 Å². The van der Waals surface area contributed by atoms with E-state index in [2.05, 4.69) is 39.6 Å². The van der Waals surface area contributed by atoms with Gasteiger partial charge < -0.3 is 10.3 Å². The molecule has 33 heavy (non-hydrogen) atoms. The van der Waals surface area contributed by atoms with Crippen molar-refractivity contribution in [1.82, 2.24) is 9.97 Å². The molecule has 1 aliphatic carbocycles. The minimum Gasteiger partial charge on any atom is -0.338 e. The van der Waals surface area contributed by atoms with Gasteiger partial charge in [-0.3, -0.25) is 4.79 Å². The van der Waals surface area contributed by atoms with Crippen molar-refractivity contribution in [2.45, 2.75) is 44.9 Å². The Hall–Kier alpha value is -3.66. The molecule has 166 valence electrons. The predicted octanol–water partition coefficient (Wildman–Crippen LogP) is 7.35. The van der Waals surface area contributed by atoms with Crippen LogP contribution in [0.4, 0.5) is 5.69 Å². The molecule has 4 nitrogen and oxygen atoms in total. The molecule has 0 unspecified atom stereocenters. The largest absolute Gasteiger partial charge is 0.338 e. The second-order valence-electron chi connectivity index (χ2n) is 8.90. The summed E-state index contributed by atoms with van der Waals surface area (Å²) in [5.74, 6) is 1.35. The number of hydrogen-bond acceptors (Lipinski definition) is 2. The minimum absolute atomic E-state index is 0.0881. The Labute approximate surface area is 195 Å². The fourth-order valence-corrected chi connectivity index (χ4v) is 4.79. The van der Waals surface area contributed by atoms with E-state index in [9.17, 15) is 4.79 Å². The summed E-state index contributed by atoms with van der Waals surface area (Å²) < 4.78 is 0. The van der Waals surface area contributed by atoms with Crippen LogP contribution < -0.4 is 5.32 Å². The Kier molecular flexibility index (Phi) is 6.07. The van der Waals surface area contributed by atoms with E-state index in [0.717, 1.165) is 33.9 Å². The summed E-state index contributed by atoms with van der Waals surface area (Å²) in [4.78, 5) is 21.0. The molecule has 1 aliphatic rings. The van der Waals surface area contributed by atoms with Gasteiger partial charge in [0.25, 0.3) is 5.91 Å². The highest BCUT2D eigenvalue weighted by atomic mass is 16.1. The fourth-order valence-electron chi connectivity index (χ4n) is 4.79. The zero-order chi connectivity index (χ0) is 22.6. The molecule has 1 amide bonds. The molecule has 0 aliphatic heterocycles. The van der Waals surface area contributed by atoms with Gasteiger partial charge in [-0.25, -0.2) is 4.98 Å². The quantitative estimate of drug-likeness (QED) is 0.344. The average Bonchev–Trinajstić information content (AvgIpc) is 3.37. The third kappa shape index (κ3) is 4.61. The lowest BCUT2D eigenvalue weighted by Gasteiger charge is -2.22. The second-order valence-corrected chi connectivity index (χ2v) is 8.90. The summed E-state index contributed by atoms with van der Waals surface area (Å²) in [6.07, 6.45) is 8.34. The summed E-state index contributed by atoms with van der Waals surface area (Å²) >= 11 is 0. The number of carbonyl (C=O) groups is 1. The molecule has 0 spiro atoms. The molecule has 4 aromatic rings. The summed E-state index contributed by atoms with van der Waals surface area (Å²) in [5, 5.41) is 3.09. The molecular formula is C29H29N3O. The minimum atomic E-state index is -0.0881. The monoisotopic (exact) mass is 435 g/mol. The van der Waals surface area contributed by atoms with E-state index < -0.39 is 0 Å². The van der Waals surface area contributed by atoms with Crippen LogP contribution in [0.5, 0.6) is 0 Å². The maximum atomic E-state index is 13.0. The van der Waals surface area contributed by atoms with E-state index in [4.69, 9.17) is 0 Å². The molecule has 1 heterocycles. The van der Waals surface area contributed by atoms with Crippen LogP contribution in [-0.4, -0.2) is 15.9 Å². The average molecular weight is 436 g/mol. The normalized spacial score (nSPS) is 14.2. The van der Waals surface area contributed by atoms with Gasteiger partial charge in [-0.05, 0) is 60.6 Å². The number of rotatable bonds is 5. The Morgan fingerprint density at radius 3 is 2.42 bits per heavy atom. The standard InChI is InChI=1S/C29H29N3O/c1-20-25(28-30-19-27(31-28)23-11-6-3-7-12-23)13-8-14-26(20)32-29(33)24-17-15-22(16-18-24)21-9-4-2-5-10-21/h3,6-8,11-19,21H,2,4-5,9-10H2,1H3,(H,30,31)(H,32,33). The number of imidazole rings is 1. The summed E-state index contributed by atoms with van der Waals surface area (Å²) in [5.41, 5.74) is 6.86. The van der Waals surface area contributed by atoms with E-state index in [-0.39, 0.29) is 5.91 Å². The topological polar surface area (TPSA) is 57.8 Å². The molecule has 1 aromatic heterocycles. The van der Waals surface area contributed by atoms with Gasteiger partial charge in [0.05, 0.1) is 11.9 Å². The van der Waals surface area contributed by atoms with Crippen molar-refractivity contribution < 1.29 is 4.79 Å². The molecular weight excluding hydrogens is 406 g/mol.